The molecule has 154 valence electrons. The number of hydrogen-bond donors (Lipinski definition) is 0. The summed E-state index contributed by atoms with van der Waals surface area (Å²) in [5.74, 6) is 0.937. The summed E-state index contributed by atoms with van der Waals surface area (Å²) in [5, 5.41) is 0.748. The molecule has 3 aliphatic heterocycles. The van der Waals surface area contributed by atoms with Crippen LogP contribution in [0.15, 0.2) is 70.9 Å². The van der Waals surface area contributed by atoms with E-state index in [1.165, 1.54) is 11.3 Å². The number of aliphatic imine (C=N–C) groups is 1. The van der Waals surface area contributed by atoms with Crippen molar-refractivity contribution in [3.05, 3.63) is 82.0 Å². The Kier molecular flexibility index (Phi) is 5.32. The fourth-order valence-corrected chi connectivity index (χ4v) is 4.65. The maximum Gasteiger partial charge on any atom is 0.259 e. The topological polar surface area (TPSA) is 39.2 Å². The van der Waals surface area contributed by atoms with Gasteiger partial charge in [-0.2, -0.15) is 0 Å². The number of nitrogens with zero attached hydrogens (tertiary/aromatic N) is 4. The van der Waals surface area contributed by atoms with Crippen molar-refractivity contribution >= 4 is 23.5 Å². The van der Waals surface area contributed by atoms with Crippen LogP contribution in [0.5, 0.6) is 0 Å². The zero-order valence-corrected chi connectivity index (χ0v) is 17.7. The number of amides is 1. The second-order valence-corrected chi connectivity index (χ2v) is 8.51. The van der Waals surface area contributed by atoms with Crippen LogP contribution >= 0.6 is 11.6 Å². The van der Waals surface area contributed by atoms with Gasteiger partial charge in [0.1, 0.15) is 0 Å². The Morgan fingerprint density at radius 1 is 0.933 bits per heavy atom. The van der Waals surface area contributed by atoms with Gasteiger partial charge in [-0.25, -0.2) is 0 Å². The van der Waals surface area contributed by atoms with Crippen molar-refractivity contribution < 1.29 is 4.79 Å². The molecule has 0 bridgehead atoms. The average Bonchev–Trinajstić information content (AvgIpc) is 2.79. The van der Waals surface area contributed by atoms with Crippen molar-refractivity contribution in [1.29, 1.82) is 0 Å². The van der Waals surface area contributed by atoms with Gasteiger partial charge in [-0.05, 0) is 29.7 Å². The lowest BCUT2D eigenvalue weighted by molar-refractivity contribution is -0.125. The van der Waals surface area contributed by atoms with Gasteiger partial charge in [0.2, 0.25) is 5.96 Å². The normalized spacial score (nSPS) is 19.5. The lowest BCUT2D eigenvalue weighted by Gasteiger charge is -2.45. The van der Waals surface area contributed by atoms with Crippen LogP contribution in [0.3, 0.4) is 0 Å². The average molecular weight is 421 g/mol. The van der Waals surface area contributed by atoms with Crippen molar-refractivity contribution in [2.45, 2.75) is 25.9 Å². The zero-order chi connectivity index (χ0) is 20.5. The largest absolute Gasteiger partial charge is 0.315 e. The van der Waals surface area contributed by atoms with Gasteiger partial charge in [0.15, 0.2) is 0 Å². The van der Waals surface area contributed by atoms with Gasteiger partial charge in [0.05, 0.1) is 12.1 Å². The second kappa shape index (κ2) is 8.25. The smallest absolute Gasteiger partial charge is 0.259 e. The molecule has 0 saturated heterocycles. The van der Waals surface area contributed by atoms with E-state index in [9.17, 15) is 4.79 Å². The number of halogens is 1. The minimum absolute atomic E-state index is 0.103. The first kappa shape index (κ1) is 19.3. The summed E-state index contributed by atoms with van der Waals surface area (Å²) in [6.45, 7) is 4.72. The molecule has 0 unspecified atom stereocenters. The fraction of sp³-hybridized carbons (Fsp3) is 0.333. The van der Waals surface area contributed by atoms with Crippen LogP contribution in [0, 0.1) is 0 Å². The van der Waals surface area contributed by atoms with Crippen LogP contribution in [0.2, 0.25) is 5.02 Å². The van der Waals surface area contributed by atoms with Crippen LogP contribution in [-0.2, 0) is 17.9 Å². The quantitative estimate of drug-likeness (QED) is 0.752. The van der Waals surface area contributed by atoms with Gasteiger partial charge in [0, 0.05) is 49.9 Å². The summed E-state index contributed by atoms with van der Waals surface area (Å²) >= 11 is 6.02. The van der Waals surface area contributed by atoms with Gasteiger partial charge in [-0.1, -0.05) is 54.1 Å². The summed E-state index contributed by atoms with van der Waals surface area (Å²) in [6.07, 6.45) is 1.91. The fourth-order valence-electron chi connectivity index (χ4n) is 4.52. The van der Waals surface area contributed by atoms with Gasteiger partial charge < -0.3 is 4.90 Å². The molecule has 3 aliphatic rings. The Labute approximate surface area is 182 Å². The molecule has 0 aromatic heterocycles. The summed E-state index contributed by atoms with van der Waals surface area (Å²) < 4.78 is 0. The molecule has 0 fully saturated rings. The predicted molar refractivity (Wildman–Crippen MR) is 119 cm³/mol. The van der Waals surface area contributed by atoms with E-state index < -0.39 is 0 Å². The molecule has 6 heteroatoms. The van der Waals surface area contributed by atoms with Crippen LogP contribution in [0.4, 0.5) is 0 Å². The predicted octanol–water partition coefficient (Wildman–Crippen LogP) is 3.90. The lowest BCUT2D eigenvalue weighted by atomic mass is 9.99. The van der Waals surface area contributed by atoms with Crippen molar-refractivity contribution in [2.75, 3.05) is 26.2 Å². The van der Waals surface area contributed by atoms with Crippen molar-refractivity contribution in [3.8, 4) is 0 Å². The molecule has 2 aromatic rings. The van der Waals surface area contributed by atoms with E-state index >= 15 is 0 Å². The Morgan fingerprint density at radius 3 is 2.50 bits per heavy atom. The summed E-state index contributed by atoms with van der Waals surface area (Å²) in [7, 11) is 0. The van der Waals surface area contributed by atoms with E-state index in [2.05, 4.69) is 34.1 Å². The molecule has 0 atom stereocenters. The van der Waals surface area contributed by atoms with Crippen molar-refractivity contribution in [2.24, 2.45) is 4.99 Å². The lowest BCUT2D eigenvalue weighted by Crippen LogP contribution is -2.56. The molecule has 3 heterocycles. The van der Waals surface area contributed by atoms with E-state index in [0.29, 0.717) is 13.1 Å². The molecular weight excluding hydrogens is 396 g/mol. The Morgan fingerprint density at radius 2 is 1.70 bits per heavy atom. The van der Waals surface area contributed by atoms with Crippen LogP contribution in [0.25, 0.3) is 0 Å². The van der Waals surface area contributed by atoms with Crippen LogP contribution in [-0.4, -0.2) is 52.7 Å². The number of benzene rings is 2. The molecule has 30 heavy (non-hydrogen) atoms. The van der Waals surface area contributed by atoms with Gasteiger partial charge in [-0.15, -0.1) is 0 Å². The number of carbonyl (C=O) groups is 1. The zero-order valence-electron chi connectivity index (χ0n) is 16.9. The van der Waals surface area contributed by atoms with Crippen molar-refractivity contribution in [3.63, 3.8) is 0 Å². The van der Waals surface area contributed by atoms with Gasteiger partial charge >= 0.3 is 0 Å². The van der Waals surface area contributed by atoms with Crippen molar-refractivity contribution in [1.82, 2.24) is 14.7 Å². The summed E-state index contributed by atoms with van der Waals surface area (Å²) in [5.41, 5.74) is 4.44. The van der Waals surface area contributed by atoms with Gasteiger partial charge in [-0.3, -0.25) is 19.6 Å². The minimum atomic E-state index is 0.103. The first-order valence-corrected chi connectivity index (χ1v) is 10.9. The van der Waals surface area contributed by atoms with Gasteiger partial charge in [0.25, 0.3) is 5.91 Å². The van der Waals surface area contributed by atoms with Crippen LogP contribution < -0.4 is 0 Å². The minimum Gasteiger partial charge on any atom is -0.315 e. The third-order valence-corrected chi connectivity index (χ3v) is 6.25. The second-order valence-electron chi connectivity index (χ2n) is 8.08. The van der Waals surface area contributed by atoms with E-state index in [-0.39, 0.29) is 5.91 Å². The van der Waals surface area contributed by atoms with Crippen LogP contribution in [0.1, 0.15) is 24.0 Å². The molecule has 0 N–H and O–H groups in total. The Balaban J connectivity index is 1.41. The maximum absolute atomic E-state index is 13.6. The Bertz CT molecular complexity index is 1000. The molecule has 5 rings (SSSR count). The van der Waals surface area contributed by atoms with E-state index in [1.54, 1.807) is 0 Å². The first-order chi connectivity index (χ1) is 14.7. The molecule has 5 nitrogen and oxygen atoms in total. The number of carbonyl (C=O) groups excluding carboxylic acids is 1. The molecule has 0 radical (unpaired) electrons. The molecule has 0 saturated carbocycles. The van der Waals surface area contributed by atoms with E-state index in [1.807, 2.05) is 35.2 Å². The van der Waals surface area contributed by atoms with E-state index in [0.717, 1.165) is 61.1 Å². The summed E-state index contributed by atoms with van der Waals surface area (Å²) in [4.78, 5) is 24.9. The number of rotatable bonds is 4. The van der Waals surface area contributed by atoms with E-state index in [4.69, 9.17) is 16.6 Å². The molecule has 1 amide bonds. The molecule has 0 aliphatic carbocycles. The third-order valence-electron chi connectivity index (χ3n) is 6.00. The molecule has 0 spiro atoms. The standard InChI is InChI=1S/C24H25ClN4O/c25-20-9-7-19(8-10-20)15-27-14-11-22-21(17-27)23(30)29(16-18-5-2-1-3-6-18)24-26-12-4-13-28(22)24/h1-3,5-10H,4,11-17H2. The molecular formula is C24H25ClN4O. The third kappa shape index (κ3) is 3.75. The number of hydrogen-bond acceptors (Lipinski definition) is 4. The SMILES string of the molecule is O=C1C2=C(CCN(Cc3ccc(Cl)cc3)C2)N2CCCN=C2N1Cc1ccccc1. The highest BCUT2D eigenvalue weighted by Crippen LogP contribution is 2.32. The number of fused-ring (bicyclic) bond motifs is 2. The number of guanidine groups is 1. The highest BCUT2D eigenvalue weighted by Gasteiger charge is 2.40. The first-order valence-electron chi connectivity index (χ1n) is 10.6. The molecule has 2 aromatic carbocycles. The highest BCUT2D eigenvalue weighted by atomic mass is 35.5. The maximum atomic E-state index is 13.6. The monoisotopic (exact) mass is 420 g/mol. The summed E-state index contributed by atoms with van der Waals surface area (Å²) in [6, 6.07) is 18.1. The Hall–Kier alpha value is -2.63. The highest BCUT2D eigenvalue weighted by molar-refractivity contribution is 6.30.